The van der Waals surface area contributed by atoms with Crippen LogP contribution in [0.4, 0.5) is 35.1 Å². The molecule has 0 saturated carbocycles. The van der Waals surface area contributed by atoms with Gasteiger partial charge in [-0.05, 0) is 73.1 Å². The molecule has 5 nitrogen and oxygen atoms in total. The summed E-state index contributed by atoms with van der Waals surface area (Å²) < 4.78 is 139. The summed E-state index contributed by atoms with van der Waals surface area (Å²) in [5, 5.41) is 0. The van der Waals surface area contributed by atoms with Crippen LogP contribution < -0.4 is 0 Å². The molecule has 3 aliphatic rings. The molecule has 49 heavy (non-hydrogen) atoms. The Bertz CT molecular complexity index is 1820. The van der Waals surface area contributed by atoms with E-state index >= 15 is 4.39 Å². The molecular formula is C35H34F8N2O3S. The third-order valence-electron chi connectivity index (χ3n) is 10.6. The minimum Gasteiger partial charge on any atom is -0.337 e. The minimum atomic E-state index is -6.35. The summed E-state index contributed by atoms with van der Waals surface area (Å²) in [4.78, 5) is 17.7. The molecule has 3 atom stereocenters. The van der Waals surface area contributed by atoms with E-state index in [1.165, 1.54) is 0 Å². The van der Waals surface area contributed by atoms with Crippen LogP contribution in [0.15, 0.2) is 77.7 Å². The molecule has 0 aromatic heterocycles. The molecule has 0 bridgehead atoms. The Morgan fingerprint density at radius 2 is 1.51 bits per heavy atom. The van der Waals surface area contributed by atoms with E-state index in [-0.39, 0.29) is 47.7 Å². The fraction of sp³-hybridized carbons (Fsp3) is 0.457. The van der Waals surface area contributed by atoms with Crippen LogP contribution in [0.3, 0.4) is 0 Å². The Morgan fingerprint density at radius 1 is 0.857 bits per heavy atom. The van der Waals surface area contributed by atoms with Crippen molar-refractivity contribution in [2.45, 2.75) is 91.2 Å². The van der Waals surface area contributed by atoms with Crippen LogP contribution in [0.1, 0.15) is 61.3 Å². The second-order valence-electron chi connectivity index (χ2n) is 13.1. The normalized spacial score (nSPS) is 25.0. The maximum absolute atomic E-state index is 15.2. The lowest BCUT2D eigenvalue weighted by molar-refractivity contribution is -0.348. The molecule has 2 saturated heterocycles. The smallest absolute Gasteiger partial charge is 0.337 e. The predicted octanol–water partition coefficient (Wildman–Crippen LogP) is 7.78. The van der Waals surface area contributed by atoms with Crippen molar-refractivity contribution < 1.29 is 48.3 Å². The van der Waals surface area contributed by atoms with Gasteiger partial charge >= 0.3 is 18.0 Å². The summed E-state index contributed by atoms with van der Waals surface area (Å²) in [6.07, 6.45) is -11.7. The van der Waals surface area contributed by atoms with Crippen molar-refractivity contribution in [2.24, 2.45) is 0 Å². The van der Waals surface area contributed by atoms with Crippen LogP contribution in [-0.4, -0.2) is 61.1 Å². The van der Waals surface area contributed by atoms with Gasteiger partial charge in [0.05, 0.1) is 4.90 Å². The number of nitrogens with zero attached hydrogens (tertiary/aromatic N) is 2. The summed E-state index contributed by atoms with van der Waals surface area (Å²) in [7, 11) is -4.55. The zero-order valence-corrected chi connectivity index (χ0v) is 27.2. The van der Waals surface area contributed by atoms with Gasteiger partial charge in [-0.3, -0.25) is 9.69 Å². The summed E-state index contributed by atoms with van der Waals surface area (Å²) in [6.45, 7) is 2.70. The fourth-order valence-corrected chi connectivity index (χ4v) is 10.8. The van der Waals surface area contributed by atoms with Gasteiger partial charge in [-0.25, -0.2) is 17.2 Å². The lowest BCUT2D eigenvalue weighted by Crippen LogP contribution is -2.60. The molecule has 3 aromatic rings. The average Bonchev–Trinajstić information content (AvgIpc) is 3.60. The quantitative estimate of drug-likeness (QED) is 0.177. The van der Waals surface area contributed by atoms with E-state index in [2.05, 4.69) is 0 Å². The van der Waals surface area contributed by atoms with E-state index in [4.69, 9.17) is 0 Å². The highest BCUT2D eigenvalue weighted by Gasteiger charge is 2.74. The number of halogens is 8. The van der Waals surface area contributed by atoms with E-state index in [9.17, 15) is 43.9 Å². The summed E-state index contributed by atoms with van der Waals surface area (Å²) in [6, 6.07) is 14.1. The van der Waals surface area contributed by atoms with E-state index in [1.807, 2.05) is 42.2 Å². The fourth-order valence-electron chi connectivity index (χ4n) is 8.40. The Hall–Kier alpha value is -3.52. The third kappa shape index (κ3) is 5.26. The zero-order chi connectivity index (χ0) is 35.6. The largest absolute Gasteiger partial charge is 0.435 e. The van der Waals surface area contributed by atoms with Gasteiger partial charge in [-0.2, -0.15) is 26.3 Å². The molecule has 0 unspecified atom stereocenters. The first-order chi connectivity index (χ1) is 22.9. The number of amides is 1. The molecule has 2 aliphatic heterocycles. The number of carbonyl (C=O) groups excluding carboxylic acids is 1. The monoisotopic (exact) mass is 714 g/mol. The number of hydrogen-bond acceptors (Lipinski definition) is 4. The molecule has 2 heterocycles. The first-order valence-corrected chi connectivity index (χ1v) is 17.5. The number of sulfone groups is 1. The van der Waals surface area contributed by atoms with Gasteiger partial charge in [0.1, 0.15) is 16.1 Å². The molecule has 0 radical (unpaired) electrons. The Balaban J connectivity index is 1.50. The predicted molar refractivity (Wildman–Crippen MR) is 164 cm³/mol. The number of aryl methyl sites for hydroxylation is 1. The Morgan fingerprint density at radius 3 is 2.12 bits per heavy atom. The molecule has 6 rings (SSSR count). The topological polar surface area (TPSA) is 57.7 Å². The van der Waals surface area contributed by atoms with Gasteiger partial charge in [0.15, 0.2) is 9.84 Å². The van der Waals surface area contributed by atoms with E-state index in [1.54, 1.807) is 4.90 Å². The van der Waals surface area contributed by atoms with Gasteiger partial charge in [0.25, 0.3) is 0 Å². The van der Waals surface area contributed by atoms with Crippen LogP contribution >= 0.6 is 0 Å². The minimum absolute atomic E-state index is 0.0500. The van der Waals surface area contributed by atoms with Crippen LogP contribution in [0, 0.1) is 5.82 Å². The van der Waals surface area contributed by atoms with E-state index in [0.29, 0.717) is 44.5 Å². The molecule has 3 aromatic carbocycles. The lowest BCUT2D eigenvalue weighted by Gasteiger charge is -2.48. The van der Waals surface area contributed by atoms with Gasteiger partial charge in [-0.15, -0.1) is 0 Å². The summed E-state index contributed by atoms with van der Waals surface area (Å²) >= 11 is 0. The van der Waals surface area contributed by atoms with Crippen LogP contribution in [0.2, 0.25) is 0 Å². The Labute approximate surface area is 278 Å². The number of rotatable bonds is 8. The molecule has 1 amide bonds. The van der Waals surface area contributed by atoms with E-state index < -0.39 is 55.6 Å². The van der Waals surface area contributed by atoms with Crippen molar-refractivity contribution in [3.63, 3.8) is 0 Å². The molecule has 264 valence electrons. The molecule has 0 spiro atoms. The zero-order valence-electron chi connectivity index (χ0n) is 26.4. The van der Waals surface area contributed by atoms with Crippen LogP contribution in [0.25, 0.3) is 0 Å². The molecule has 0 N–H and O–H groups in total. The van der Waals surface area contributed by atoms with Gasteiger partial charge < -0.3 is 4.90 Å². The van der Waals surface area contributed by atoms with Gasteiger partial charge in [-0.1, -0.05) is 61.9 Å². The second-order valence-corrected chi connectivity index (χ2v) is 15.3. The van der Waals surface area contributed by atoms with Gasteiger partial charge in [0.2, 0.25) is 5.91 Å². The maximum Gasteiger partial charge on any atom is 0.435 e. The van der Waals surface area contributed by atoms with Crippen molar-refractivity contribution in [1.29, 1.82) is 0 Å². The average molecular weight is 715 g/mol. The highest BCUT2D eigenvalue weighted by atomic mass is 32.2. The summed E-state index contributed by atoms with van der Waals surface area (Å²) in [5.41, 5.74) is -7.82. The number of benzene rings is 3. The number of likely N-dealkylation sites (tertiary alicyclic amines) is 2. The van der Waals surface area contributed by atoms with Crippen molar-refractivity contribution in [2.75, 3.05) is 13.1 Å². The number of alkyl halides is 7. The second kappa shape index (κ2) is 12.1. The molecule has 14 heteroatoms. The van der Waals surface area contributed by atoms with Gasteiger partial charge in [0, 0.05) is 31.2 Å². The SMILES string of the molecule is CCC[C@@]1(N2CC[C@@]3(S(=O)(=O)c4ccc(F)cc4)c4ccc(C(F)(C(F)(F)F)C(F)(F)F)cc4CC[C@@H]23)CCN(Cc2ccccc2)C1=O. The number of carbonyl (C=O) groups is 1. The number of hydrogen-bond donors (Lipinski definition) is 0. The van der Waals surface area contributed by atoms with Crippen molar-refractivity contribution in [3.8, 4) is 0 Å². The summed E-state index contributed by atoms with van der Waals surface area (Å²) in [5.74, 6) is -0.905. The third-order valence-corrected chi connectivity index (χ3v) is 13.1. The maximum atomic E-state index is 15.2. The molecular weight excluding hydrogens is 680 g/mol. The first kappa shape index (κ1) is 35.3. The standard InChI is InChI=1S/C35H34F8N2O3S/c1-2-16-31(17-19-44(30(31)46)22-23-6-4-3-5-7-23)45-20-18-32(49(47,48)27-12-10-26(36)11-13-27)28-14-9-25(21-24(28)8-15-29(32)45)33(37,34(38,39)40)35(41,42)43/h3-7,9-14,21,29H,2,8,15-20,22H2,1H3/t29-,31-,32-/m1/s1. The lowest BCUT2D eigenvalue weighted by atomic mass is 9.76. The van der Waals surface area contributed by atoms with Crippen molar-refractivity contribution in [3.05, 3.63) is 101 Å². The molecule has 1 aliphatic carbocycles. The molecule has 2 fully saturated rings. The van der Waals surface area contributed by atoms with Crippen molar-refractivity contribution >= 4 is 15.7 Å². The van der Waals surface area contributed by atoms with Crippen molar-refractivity contribution in [1.82, 2.24) is 9.80 Å². The Kier molecular flexibility index (Phi) is 8.70. The highest BCUT2D eigenvalue weighted by molar-refractivity contribution is 7.92. The highest BCUT2D eigenvalue weighted by Crippen LogP contribution is 2.58. The van der Waals surface area contributed by atoms with E-state index in [0.717, 1.165) is 35.9 Å². The van der Waals surface area contributed by atoms with Crippen LogP contribution in [-0.2, 0) is 38.0 Å². The first-order valence-electron chi connectivity index (χ1n) is 16.0. The van der Waals surface area contributed by atoms with Crippen LogP contribution in [0.5, 0.6) is 0 Å². The number of fused-ring (bicyclic) bond motifs is 3.